The van der Waals surface area contributed by atoms with E-state index in [0.29, 0.717) is 19.4 Å². The van der Waals surface area contributed by atoms with E-state index in [1.165, 1.54) is 11.0 Å². The number of rotatable bonds is 2. The van der Waals surface area contributed by atoms with Crippen LogP contribution in [-0.4, -0.2) is 46.4 Å². The summed E-state index contributed by atoms with van der Waals surface area (Å²) >= 11 is 11.5. The van der Waals surface area contributed by atoms with Gasteiger partial charge in [0.1, 0.15) is 5.82 Å². The van der Waals surface area contributed by atoms with E-state index in [0.717, 1.165) is 6.07 Å². The van der Waals surface area contributed by atoms with Crippen LogP contribution in [0.5, 0.6) is 0 Å². The molecule has 0 aromatic heterocycles. The van der Waals surface area contributed by atoms with E-state index in [1.807, 2.05) is 0 Å². The highest BCUT2D eigenvalue weighted by molar-refractivity contribution is 6.36. The van der Waals surface area contributed by atoms with Gasteiger partial charge in [-0.25, -0.2) is 9.18 Å². The Morgan fingerprint density at radius 3 is 2.73 bits per heavy atom. The fraction of sp³-hybridized carbons (Fsp3) is 0.500. The maximum absolute atomic E-state index is 13.4. The summed E-state index contributed by atoms with van der Waals surface area (Å²) in [6.07, 6.45) is 1.26. The Balaban J connectivity index is 2.05. The van der Waals surface area contributed by atoms with Crippen molar-refractivity contribution >= 4 is 34.9 Å². The lowest BCUT2D eigenvalue weighted by Crippen LogP contribution is -2.38. The number of benzene rings is 1. The molecule has 0 saturated carbocycles. The highest BCUT2D eigenvalue weighted by atomic mass is 35.5. The van der Waals surface area contributed by atoms with Crippen molar-refractivity contribution in [3.63, 3.8) is 0 Å². The fourth-order valence-electron chi connectivity index (χ4n) is 2.35. The van der Waals surface area contributed by atoms with Crippen molar-refractivity contribution in [2.75, 3.05) is 25.0 Å². The summed E-state index contributed by atoms with van der Waals surface area (Å²) in [5, 5.41) is 21.8. The number of likely N-dealkylation sites (tertiary alicyclic amines) is 1. The summed E-state index contributed by atoms with van der Waals surface area (Å²) in [6, 6.07) is 1.84. The topological polar surface area (TPSA) is 72.8 Å². The number of carbonyl (C=O) groups is 1. The van der Waals surface area contributed by atoms with Crippen LogP contribution in [0.2, 0.25) is 10.0 Å². The lowest BCUT2D eigenvalue weighted by Gasteiger charge is -2.24. The van der Waals surface area contributed by atoms with Crippen LogP contribution in [0.25, 0.3) is 0 Å². The zero-order valence-corrected chi connectivity index (χ0v) is 13.3. The average Bonchev–Trinajstić information content (AvgIpc) is 2.67. The monoisotopic (exact) mass is 350 g/mol. The third-order valence-electron chi connectivity index (χ3n) is 3.75. The smallest absolute Gasteiger partial charge is 0.321 e. The molecule has 8 heteroatoms. The van der Waals surface area contributed by atoms with Gasteiger partial charge in [0.2, 0.25) is 0 Å². The maximum Gasteiger partial charge on any atom is 0.321 e. The molecule has 1 unspecified atom stereocenters. The van der Waals surface area contributed by atoms with E-state index < -0.39 is 17.4 Å². The second kappa shape index (κ2) is 7.00. The summed E-state index contributed by atoms with van der Waals surface area (Å²) in [5.41, 5.74) is -1.02. The summed E-state index contributed by atoms with van der Waals surface area (Å²) in [7, 11) is 0. The lowest BCUT2D eigenvalue weighted by atomic mass is 9.96. The van der Waals surface area contributed by atoms with Crippen molar-refractivity contribution in [3.05, 3.63) is 28.0 Å². The van der Waals surface area contributed by atoms with Crippen molar-refractivity contribution < 1.29 is 19.4 Å². The predicted molar refractivity (Wildman–Crippen MR) is 82.9 cm³/mol. The molecule has 1 aromatic carbocycles. The molecule has 5 nitrogen and oxygen atoms in total. The van der Waals surface area contributed by atoms with Gasteiger partial charge in [0.05, 0.1) is 27.9 Å². The minimum Gasteiger partial charge on any atom is -0.393 e. The Hall–Kier alpha value is -1.08. The van der Waals surface area contributed by atoms with E-state index >= 15 is 0 Å². The first kappa shape index (κ1) is 17.3. The van der Waals surface area contributed by atoms with Gasteiger partial charge in [-0.2, -0.15) is 0 Å². The average molecular weight is 351 g/mol. The number of anilines is 1. The molecule has 0 bridgehead atoms. The van der Waals surface area contributed by atoms with Gasteiger partial charge in [-0.05, 0) is 25.3 Å². The Morgan fingerprint density at radius 2 is 2.05 bits per heavy atom. The number of amides is 2. The number of aliphatic hydroxyl groups excluding tert-OH is 1. The molecule has 1 fully saturated rings. The second-order valence-electron chi connectivity index (χ2n) is 5.40. The van der Waals surface area contributed by atoms with E-state index in [2.05, 4.69) is 5.32 Å². The van der Waals surface area contributed by atoms with Crippen LogP contribution < -0.4 is 5.32 Å². The number of halogens is 3. The Morgan fingerprint density at radius 1 is 1.32 bits per heavy atom. The van der Waals surface area contributed by atoms with Crippen molar-refractivity contribution in [1.29, 1.82) is 0 Å². The molecule has 1 atom stereocenters. The van der Waals surface area contributed by atoms with E-state index in [9.17, 15) is 19.4 Å². The first-order valence-corrected chi connectivity index (χ1v) is 7.64. The quantitative estimate of drug-likeness (QED) is 0.718. The fourth-order valence-corrected chi connectivity index (χ4v) is 2.78. The number of carbonyl (C=O) groups excluding carboxylic acids is 1. The summed E-state index contributed by atoms with van der Waals surface area (Å²) in [6.45, 7) is 0.384. The Kier molecular flexibility index (Phi) is 5.50. The Bertz CT molecular complexity index is 573. The van der Waals surface area contributed by atoms with Crippen molar-refractivity contribution in [1.82, 2.24) is 4.90 Å². The minimum absolute atomic E-state index is 0.120. The number of nitrogens with zero attached hydrogens (tertiary/aromatic N) is 1. The first-order chi connectivity index (χ1) is 10.3. The normalized spacial score (nSPS) is 22.3. The second-order valence-corrected chi connectivity index (χ2v) is 6.21. The molecular weight excluding hydrogens is 334 g/mol. The Labute approximate surface area is 137 Å². The van der Waals surface area contributed by atoms with Gasteiger partial charge in [-0.3, -0.25) is 0 Å². The van der Waals surface area contributed by atoms with E-state index in [4.69, 9.17) is 23.2 Å². The molecule has 1 aliphatic rings. The number of nitrogens with one attached hydrogen (secondary N) is 1. The summed E-state index contributed by atoms with van der Waals surface area (Å²) in [4.78, 5) is 13.7. The zero-order chi connectivity index (χ0) is 16.3. The van der Waals surface area contributed by atoms with E-state index in [1.54, 1.807) is 0 Å². The van der Waals surface area contributed by atoms with Crippen molar-refractivity contribution in [3.8, 4) is 0 Å². The standard InChI is InChI=1S/C14H17Cl2FN2O3/c15-9-6-10(16)12(7-11(9)17)18-13(21)19-4-1-2-14(22,8-20)3-5-19/h6-7,20,22H,1-5,8H2,(H,18,21). The number of urea groups is 1. The van der Waals surface area contributed by atoms with Gasteiger partial charge < -0.3 is 20.4 Å². The molecule has 1 saturated heterocycles. The maximum atomic E-state index is 13.4. The van der Waals surface area contributed by atoms with Gasteiger partial charge in [0.15, 0.2) is 0 Å². The van der Waals surface area contributed by atoms with Crippen LogP contribution in [0, 0.1) is 5.82 Å². The van der Waals surface area contributed by atoms with Crippen molar-refractivity contribution in [2.24, 2.45) is 0 Å². The minimum atomic E-state index is -1.15. The van der Waals surface area contributed by atoms with Crippen LogP contribution in [0.3, 0.4) is 0 Å². The van der Waals surface area contributed by atoms with Crippen LogP contribution in [0.1, 0.15) is 19.3 Å². The summed E-state index contributed by atoms with van der Waals surface area (Å²) < 4.78 is 13.4. The third kappa shape index (κ3) is 4.01. The molecule has 2 rings (SSSR count). The van der Waals surface area contributed by atoms with Crippen molar-refractivity contribution in [2.45, 2.75) is 24.9 Å². The highest BCUT2D eigenvalue weighted by Gasteiger charge is 2.30. The number of hydrogen-bond donors (Lipinski definition) is 3. The summed E-state index contributed by atoms with van der Waals surface area (Å²) in [5.74, 6) is -0.674. The molecule has 2 amide bonds. The molecule has 1 aliphatic heterocycles. The van der Waals surface area contributed by atoms with Crippen LogP contribution in [0.15, 0.2) is 12.1 Å². The van der Waals surface area contributed by atoms with E-state index in [-0.39, 0.29) is 35.3 Å². The number of hydrogen-bond acceptors (Lipinski definition) is 3. The van der Waals surface area contributed by atoms with Gasteiger partial charge >= 0.3 is 6.03 Å². The SMILES string of the molecule is O=C(Nc1cc(F)c(Cl)cc1Cl)N1CCCC(O)(CO)CC1. The predicted octanol–water partition coefficient (Wildman–Crippen LogP) is 2.87. The molecule has 0 aliphatic carbocycles. The van der Waals surface area contributed by atoms with Crippen LogP contribution >= 0.6 is 23.2 Å². The van der Waals surface area contributed by atoms with Gasteiger partial charge in [-0.15, -0.1) is 0 Å². The largest absolute Gasteiger partial charge is 0.393 e. The molecule has 1 aromatic rings. The van der Waals surface area contributed by atoms with Gasteiger partial charge in [-0.1, -0.05) is 23.2 Å². The molecule has 1 heterocycles. The molecule has 22 heavy (non-hydrogen) atoms. The molecular formula is C14H17Cl2FN2O3. The molecule has 0 spiro atoms. The number of aliphatic hydroxyl groups is 2. The van der Waals surface area contributed by atoms with Gasteiger partial charge in [0.25, 0.3) is 0 Å². The highest BCUT2D eigenvalue weighted by Crippen LogP contribution is 2.29. The molecule has 122 valence electrons. The first-order valence-electron chi connectivity index (χ1n) is 6.88. The zero-order valence-electron chi connectivity index (χ0n) is 11.8. The molecule has 0 radical (unpaired) electrons. The van der Waals surface area contributed by atoms with Crippen LogP contribution in [-0.2, 0) is 0 Å². The molecule has 3 N–H and O–H groups in total. The third-order valence-corrected chi connectivity index (χ3v) is 4.35. The van der Waals surface area contributed by atoms with Crippen LogP contribution in [0.4, 0.5) is 14.9 Å². The lowest BCUT2D eigenvalue weighted by molar-refractivity contribution is -0.0247. The van der Waals surface area contributed by atoms with Gasteiger partial charge in [0, 0.05) is 19.2 Å².